The molecular weight excluding hydrogens is 397 g/mol. The Morgan fingerprint density at radius 2 is 2.03 bits per heavy atom. The van der Waals surface area contributed by atoms with Crippen LogP contribution in [0, 0.1) is 12.7 Å². The number of ether oxygens (including phenoxy) is 1. The summed E-state index contributed by atoms with van der Waals surface area (Å²) in [7, 11) is 0. The molecule has 1 aromatic carbocycles. The number of amides is 1. The summed E-state index contributed by atoms with van der Waals surface area (Å²) in [6.07, 6.45) is 6.25. The van der Waals surface area contributed by atoms with Crippen LogP contribution in [-0.2, 0) is 9.53 Å². The first-order valence-corrected chi connectivity index (χ1v) is 10.9. The first-order chi connectivity index (χ1) is 15.1. The van der Waals surface area contributed by atoms with Crippen molar-refractivity contribution in [2.45, 2.75) is 50.5 Å². The molecule has 8 heteroatoms. The van der Waals surface area contributed by atoms with Gasteiger partial charge >= 0.3 is 0 Å². The predicted octanol–water partition coefficient (Wildman–Crippen LogP) is 3.24. The molecule has 3 fully saturated rings. The van der Waals surface area contributed by atoms with Crippen LogP contribution >= 0.6 is 0 Å². The lowest BCUT2D eigenvalue weighted by Crippen LogP contribution is -2.50. The van der Waals surface area contributed by atoms with Gasteiger partial charge < -0.3 is 14.5 Å². The van der Waals surface area contributed by atoms with Gasteiger partial charge in [-0.15, -0.1) is 0 Å². The van der Waals surface area contributed by atoms with Gasteiger partial charge in [-0.25, -0.2) is 9.37 Å². The van der Waals surface area contributed by atoms with Crippen molar-refractivity contribution in [2.75, 3.05) is 18.0 Å². The van der Waals surface area contributed by atoms with E-state index in [1.54, 1.807) is 12.3 Å². The van der Waals surface area contributed by atoms with Crippen LogP contribution in [0.1, 0.15) is 42.9 Å². The van der Waals surface area contributed by atoms with Gasteiger partial charge in [0.15, 0.2) is 11.2 Å². The van der Waals surface area contributed by atoms with Gasteiger partial charge in [0.25, 0.3) is 5.91 Å². The maximum atomic E-state index is 13.8. The summed E-state index contributed by atoms with van der Waals surface area (Å²) in [5.74, 6) is 0.768. The number of aryl methyl sites for hydroxylation is 1. The number of rotatable bonds is 2. The molecule has 0 unspecified atom stereocenters. The highest BCUT2D eigenvalue weighted by Gasteiger charge is 2.58. The Morgan fingerprint density at radius 3 is 2.84 bits per heavy atom. The quantitative estimate of drug-likeness (QED) is 0.636. The van der Waals surface area contributed by atoms with E-state index in [0.717, 1.165) is 35.4 Å². The number of benzene rings is 1. The van der Waals surface area contributed by atoms with Gasteiger partial charge in [0, 0.05) is 37.7 Å². The van der Waals surface area contributed by atoms with Crippen molar-refractivity contribution in [3.8, 4) is 0 Å². The van der Waals surface area contributed by atoms with Gasteiger partial charge in [0.2, 0.25) is 0 Å². The number of carbonyl (C=O) groups is 1. The average molecular weight is 421 g/mol. The van der Waals surface area contributed by atoms with E-state index in [4.69, 9.17) is 4.74 Å². The normalized spacial score (nSPS) is 25.0. The molecule has 7 nitrogen and oxygen atoms in total. The lowest BCUT2D eigenvalue weighted by Gasteiger charge is -2.38. The molecule has 160 valence electrons. The third-order valence-corrected chi connectivity index (χ3v) is 7.01. The Labute approximate surface area is 179 Å². The number of hydrogen-bond donors (Lipinski definition) is 0. The Balaban J connectivity index is 1.23. The number of piperidine rings is 1. The molecule has 5 heterocycles. The highest BCUT2D eigenvalue weighted by atomic mass is 19.1. The molecule has 3 aromatic rings. The Morgan fingerprint density at radius 1 is 1.19 bits per heavy atom. The van der Waals surface area contributed by atoms with E-state index in [2.05, 4.69) is 15.0 Å². The summed E-state index contributed by atoms with van der Waals surface area (Å²) in [4.78, 5) is 22.1. The van der Waals surface area contributed by atoms with E-state index >= 15 is 0 Å². The maximum absolute atomic E-state index is 13.8. The minimum atomic E-state index is -0.778. The first kappa shape index (κ1) is 18.7. The largest absolute Gasteiger partial charge is 0.356 e. The summed E-state index contributed by atoms with van der Waals surface area (Å²) in [5, 5.41) is 4.47. The molecule has 1 amide bonds. The number of hydrogen-bond acceptors (Lipinski definition) is 5. The number of aromatic nitrogens is 3. The maximum Gasteiger partial charge on any atom is 0.257 e. The molecule has 6 rings (SSSR count). The minimum Gasteiger partial charge on any atom is -0.356 e. The summed E-state index contributed by atoms with van der Waals surface area (Å²) in [6, 6.07) is 8.43. The topological polar surface area (TPSA) is 63.0 Å². The average Bonchev–Trinajstić information content (AvgIpc) is 3.44. The molecule has 3 aliphatic rings. The van der Waals surface area contributed by atoms with Crippen LogP contribution in [0.5, 0.6) is 0 Å². The smallest absolute Gasteiger partial charge is 0.257 e. The van der Waals surface area contributed by atoms with Crippen molar-refractivity contribution < 1.29 is 13.9 Å². The van der Waals surface area contributed by atoms with Crippen LogP contribution < -0.4 is 4.90 Å². The zero-order valence-corrected chi connectivity index (χ0v) is 17.4. The molecule has 0 saturated carbocycles. The van der Waals surface area contributed by atoms with Crippen molar-refractivity contribution in [1.29, 1.82) is 0 Å². The number of carbonyl (C=O) groups excluding carboxylic acids is 1. The fourth-order valence-electron chi connectivity index (χ4n) is 5.42. The fourth-order valence-corrected chi connectivity index (χ4v) is 5.42. The standard InChI is InChI=1S/C23H24FN5O2/c1-15-14-26-29-19(7-10-25-21(15)29)27-11-8-23(9-12-27)22(30)28-18(5-6-20(28)31-23)16-3-2-4-17(24)13-16/h2-4,7,10,13-14,18,20H,5-6,8-9,11-12H2,1H3/t18-,20-/m0/s1. The molecule has 2 atom stereocenters. The predicted molar refractivity (Wildman–Crippen MR) is 112 cm³/mol. The van der Waals surface area contributed by atoms with Crippen LogP contribution in [0.25, 0.3) is 5.65 Å². The number of nitrogens with zero attached hydrogens (tertiary/aromatic N) is 5. The minimum absolute atomic E-state index is 0.0544. The van der Waals surface area contributed by atoms with E-state index in [1.165, 1.54) is 12.1 Å². The van der Waals surface area contributed by atoms with Crippen LogP contribution in [0.4, 0.5) is 10.2 Å². The molecule has 31 heavy (non-hydrogen) atoms. The van der Waals surface area contributed by atoms with Gasteiger partial charge in [-0.05, 0) is 43.5 Å². The van der Waals surface area contributed by atoms with E-state index in [9.17, 15) is 9.18 Å². The van der Waals surface area contributed by atoms with E-state index in [1.807, 2.05) is 34.7 Å². The second-order valence-corrected chi connectivity index (χ2v) is 8.78. The lowest BCUT2D eigenvalue weighted by atomic mass is 9.89. The van der Waals surface area contributed by atoms with E-state index in [0.29, 0.717) is 25.9 Å². The van der Waals surface area contributed by atoms with Crippen molar-refractivity contribution in [1.82, 2.24) is 19.5 Å². The van der Waals surface area contributed by atoms with Gasteiger partial charge in [-0.1, -0.05) is 12.1 Å². The van der Waals surface area contributed by atoms with Crippen molar-refractivity contribution in [3.63, 3.8) is 0 Å². The van der Waals surface area contributed by atoms with E-state index < -0.39 is 5.60 Å². The third kappa shape index (κ3) is 2.77. The van der Waals surface area contributed by atoms with Gasteiger partial charge in [-0.3, -0.25) is 4.79 Å². The summed E-state index contributed by atoms with van der Waals surface area (Å²) < 4.78 is 22.0. The molecule has 3 aliphatic heterocycles. The van der Waals surface area contributed by atoms with Crippen molar-refractivity contribution in [3.05, 3.63) is 59.7 Å². The molecule has 0 N–H and O–H groups in total. The van der Waals surface area contributed by atoms with E-state index in [-0.39, 0.29) is 24.0 Å². The van der Waals surface area contributed by atoms with Gasteiger partial charge in [-0.2, -0.15) is 9.61 Å². The second kappa shape index (κ2) is 6.75. The molecule has 0 radical (unpaired) electrons. The zero-order valence-electron chi connectivity index (χ0n) is 17.4. The highest BCUT2D eigenvalue weighted by Crippen LogP contribution is 2.47. The summed E-state index contributed by atoms with van der Waals surface area (Å²) in [6.45, 7) is 3.40. The molecule has 0 aliphatic carbocycles. The lowest BCUT2D eigenvalue weighted by molar-refractivity contribution is -0.140. The Hall–Kier alpha value is -3.00. The van der Waals surface area contributed by atoms with Crippen molar-refractivity contribution >= 4 is 17.4 Å². The summed E-state index contributed by atoms with van der Waals surface area (Å²) >= 11 is 0. The number of fused-ring (bicyclic) bond motifs is 2. The second-order valence-electron chi connectivity index (χ2n) is 8.78. The molecule has 1 spiro atoms. The SMILES string of the molecule is Cc1cnn2c(N3CCC4(CC3)O[C@H]3CC[C@@H](c5cccc(F)c5)N3C4=O)ccnc12. The Kier molecular flexibility index (Phi) is 4.08. The monoisotopic (exact) mass is 421 g/mol. The van der Waals surface area contributed by atoms with Crippen LogP contribution in [-0.4, -0.2) is 50.3 Å². The summed E-state index contributed by atoms with van der Waals surface area (Å²) in [5.41, 5.74) is 1.96. The number of halogens is 1. The molecule has 3 saturated heterocycles. The first-order valence-electron chi connectivity index (χ1n) is 10.9. The van der Waals surface area contributed by atoms with Gasteiger partial charge in [0.1, 0.15) is 17.9 Å². The zero-order chi connectivity index (χ0) is 21.2. The molecule has 0 bridgehead atoms. The number of anilines is 1. The van der Waals surface area contributed by atoms with Crippen molar-refractivity contribution in [2.24, 2.45) is 0 Å². The molecule has 2 aromatic heterocycles. The van der Waals surface area contributed by atoms with Crippen LogP contribution in [0.15, 0.2) is 42.7 Å². The molecular formula is C23H24FN5O2. The Bertz CT molecular complexity index is 1170. The highest BCUT2D eigenvalue weighted by molar-refractivity contribution is 5.88. The fraction of sp³-hybridized carbons (Fsp3) is 0.435. The van der Waals surface area contributed by atoms with Gasteiger partial charge in [0.05, 0.1) is 12.2 Å². The third-order valence-electron chi connectivity index (χ3n) is 7.01. The van der Waals surface area contributed by atoms with Crippen LogP contribution in [0.3, 0.4) is 0 Å². The van der Waals surface area contributed by atoms with Crippen LogP contribution in [0.2, 0.25) is 0 Å².